The van der Waals surface area contributed by atoms with Gasteiger partial charge < -0.3 is 20.2 Å². The first-order valence-corrected chi connectivity index (χ1v) is 15.9. The lowest BCUT2D eigenvalue weighted by atomic mass is 9.98. The normalized spacial score (nSPS) is 16.3. The van der Waals surface area contributed by atoms with Gasteiger partial charge >= 0.3 is 0 Å². The third-order valence-electron chi connectivity index (χ3n) is 7.38. The van der Waals surface area contributed by atoms with Gasteiger partial charge in [0.05, 0.1) is 17.6 Å². The molecule has 8 nitrogen and oxygen atoms in total. The third-order valence-corrected chi connectivity index (χ3v) is 8.97. The molecule has 0 radical (unpaired) electrons. The molecule has 2 N–H and O–H groups in total. The Morgan fingerprint density at radius 2 is 1.63 bits per heavy atom. The topological polar surface area (TPSA) is 107 Å². The minimum absolute atomic E-state index is 0.0462. The number of halogens is 2. The van der Waals surface area contributed by atoms with Crippen LogP contribution in [-0.4, -0.2) is 74.2 Å². The number of rotatable bonds is 10. The molecule has 3 aromatic carbocycles. The van der Waals surface area contributed by atoms with Crippen molar-refractivity contribution in [3.05, 3.63) is 105 Å². The number of nitrogens with one attached hydrogen (secondary N) is 1. The van der Waals surface area contributed by atoms with Crippen LogP contribution in [0.25, 0.3) is 0 Å². The summed E-state index contributed by atoms with van der Waals surface area (Å²) in [5.74, 6) is -2.62. The smallest absolute Gasteiger partial charge is 0.254 e. The molecule has 43 heavy (non-hydrogen) atoms. The van der Waals surface area contributed by atoms with Gasteiger partial charge in [-0.2, -0.15) is 0 Å². The monoisotopic (exact) mass is 613 g/mol. The number of sulfone groups is 1. The fourth-order valence-corrected chi connectivity index (χ4v) is 7.00. The summed E-state index contributed by atoms with van der Waals surface area (Å²) < 4.78 is 53.2. The Bertz CT molecular complexity index is 1610. The highest BCUT2D eigenvalue weighted by atomic mass is 32.2. The number of carbonyl (C=O) groups is 2. The van der Waals surface area contributed by atoms with E-state index in [0.29, 0.717) is 16.7 Å². The van der Waals surface area contributed by atoms with Gasteiger partial charge in [0, 0.05) is 57.0 Å². The van der Waals surface area contributed by atoms with E-state index in [9.17, 15) is 31.9 Å². The number of aliphatic hydroxyl groups excluding tert-OH is 1. The van der Waals surface area contributed by atoms with Crippen LogP contribution in [0.15, 0.2) is 54.6 Å². The van der Waals surface area contributed by atoms with E-state index < -0.39 is 39.5 Å². The highest BCUT2D eigenvalue weighted by Crippen LogP contribution is 2.29. The molecule has 0 fully saturated rings. The molecule has 0 aromatic heterocycles. The Morgan fingerprint density at radius 3 is 2.26 bits per heavy atom. The van der Waals surface area contributed by atoms with Crippen LogP contribution in [0.1, 0.15) is 61.5 Å². The molecule has 11 heteroatoms. The average molecular weight is 614 g/mol. The molecule has 1 unspecified atom stereocenters. The van der Waals surface area contributed by atoms with Crippen molar-refractivity contribution >= 4 is 21.7 Å². The number of benzene rings is 3. The zero-order chi connectivity index (χ0) is 31.5. The number of aryl methyl sites for hydroxylation is 2. The van der Waals surface area contributed by atoms with Crippen LogP contribution in [-0.2, 0) is 28.6 Å². The Hall–Kier alpha value is -3.67. The van der Waals surface area contributed by atoms with Gasteiger partial charge in [-0.15, -0.1) is 0 Å². The lowest BCUT2D eigenvalue weighted by Crippen LogP contribution is -2.43. The van der Waals surface area contributed by atoms with Crippen molar-refractivity contribution in [2.45, 2.75) is 44.7 Å². The number of aliphatic hydroxyl groups is 1. The van der Waals surface area contributed by atoms with Crippen LogP contribution in [0.5, 0.6) is 0 Å². The van der Waals surface area contributed by atoms with E-state index in [1.165, 1.54) is 15.9 Å². The van der Waals surface area contributed by atoms with Crippen LogP contribution in [0.2, 0.25) is 0 Å². The van der Waals surface area contributed by atoms with Crippen molar-refractivity contribution in [1.29, 1.82) is 0 Å². The predicted octanol–water partition coefficient (Wildman–Crippen LogP) is 3.80. The Kier molecular flexibility index (Phi) is 9.99. The van der Waals surface area contributed by atoms with Gasteiger partial charge in [0.1, 0.15) is 11.6 Å². The number of hydrogen-bond donors (Lipinski definition) is 2. The molecule has 0 saturated heterocycles. The van der Waals surface area contributed by atoms with E-state index in [0.717, 1.165) is 35.7 Å². The highest BCUT2D eigenvalue weighted by Gasteiger charge is 2.30. The lowest BCUT2D eigenvalue weighted by Gasteiger charge is -2.30. The average Bonchev–Trinajstić information content (AvgIpc) is 2.93. The molecule has 2 amide bonds. The lowest BCUT2D eigenvalue weighted by molar-refractivity contribution is 0.0600. The molecule has 0 spiro atoms. The molecule has 0 bridgehead atoms. The second-order valence-electron chi connectivity index (χ2n) is 11.3. The first-order chi connectivity index (χ1) is 20.2. The molecule has 4 rings (SSSR count). The van der Waals surface area contributed by atoms with Gasteiger partial charge in [0.15, 0.2) is 9.84 Å². The van der Waals surface area contributed by atoms with Gasteiger partial charge in [0.25, 0.3) is 11.8 Å². The largest absolute Gasteiger partial charge is 0.390 e. The molecule has 1 aliphatic rings. The maximum absolute atomic E-state index is 14.0. The second-order valence-corrected chi connectivity index (χ2v) is 13.4. The summed E-state index contributed by atoms with van der Waals surface area (Å²) >= 11 is 0. The Balaban J connectivity index is 1.58. The van der Waals surface area contributed by atoms with Crippen LogP contribution >= 0.6 is 0 Å². The third kappa shape index (κ3) is 8.25. The van der Waals surface area contributed by atoms with Crippen molar-refractivity contribution in [2.24, 2.45) is 0 Å². The van der Waals surface area contributed by atoms with Crippen LogP contribution < -0.4 is 5.32 Å². The quantitative estimate of drug-likeness (QED) is 0.361. The number of fused-ring (bicyclic) bond motifs is 1. The number of amides is 2. The number of nitrogens with zero attached hydrogens (tertiary/aromatic N) is 2. The Morgan fingerprint density at radius 1 is 0.977 bits per heavy atom. The highest BCUT2D eigenvalue weighted by molar-refractivity contribution is 7.90. The SMILES string of the molecule is CCc1ccc2c(c1)C(NC[C@@H](O)CN(Cc1cc(F)cc(F)c1)C(=O)c1cc(C)cc(C(=O)N(C)C)c1)CS(=O)(=O)C2. The van der Waals surface area contributed by atoms with Gasteiger partial charge in [-0.1, -0.05) is 25.1 Å². The predicted molar refractivity (Wildman–Crippen MR) is 160 cm³/mol. The minimum atomic E-state index is -3.37. The number of hydrogen-bond acceptors (Lipinski definition) is 6. The summed E-state index contributed by atoms with van der Waals surface area (Å²) in [4.78, 5) is 29.1. The Labute approximate surface area is 251 Å². The zero-order valence-corrected chi connectivity index (χ0v) is 25.5. The molecule has 0 saturated carbocycles. The molecule has 2 atom stereocenters. The molecule has 0 aliphatic carbocycles. The summed E-state index contributed by atoms with van der Waals surface area (Å²) in [6.45, 7) is 3.27. The molecular weight excluding hydrogens is 576 g/mol. The zero-order valence-electron chi connectivity index (χ0n) is 24.7. The van der Waals surface area contributed by atoms with Crippen molar-refractivity contribution in [3.63, 3.8) is 0 Å². The standard InChI is InChI=1S/C32H37F2N3O5S/c1-5-21-6-7-23-18-43(41,42)19-30(29(23)12-21)35-15-28(38)17-37(16-22-10-26(33)14-27(34)11-22)32(40)25-9-20(2)8-24(13-25)31(39)36(3)4/h6-14,28,30,35,38H,5,15-19H2,1-4H3/t28-,30?/m1/s1. The second kappa shape index (κ2) is 13.3. The fourth-order valence-electron chi connectivity index (χ4n) is 5.34. The molecule has 230 valence electrons. The van der Waals surface area contributed by atoms with E-state index in [2.05, 4.69) is 5.32 Å². The van der Waals surface area contributed by atoms with Crippen molar-refractivity contribution in [1.82, 2.24) is 15.1 Å². The van der Waals surface area contributed by atoms with Crippen molar-refractivity contribution < 1.29 is 31.9 Å². The summed E-state index contributed by atoms with van der Waals surface area (Å²) in [7, 11) is -0.173. The van der Waals surface area contributed by atoms with Crippen LogP contribution in [0.3, 0.4) is 0 Å². The first kappa shape index (κ1) is 32.2. The maximum Gasteiger partial charge on any atom is 0.254 e. The summed E-state index contributed by atoms with van der Waals surface area (Å²) in [6.07, 6.45) is -0.369. The maximum atomic E-state index is 14.0. The molecule has 1 heterocycles. The van der Waals surface area contributed by atoms with Gasteiger partial charge in [-0.05, 0) is 71.5 Å². The van der Waals surface area contributed by atoms with Gasteiger partial charge in [-0.25, -0.2) is 17.2 Å². The number of carbonyl (C=O) groups excluding carboxylic acids is 2. The van der Waals surface area contributed by atoms with Gasteiger partial charge in [0.2, 0.25) is 0 Å². The van der Waals surface area contributed by atoms with Crippen LogP contribution in [0.4, 0.5) is 8.78 Å². The minimum Gasteiger partial charge on any atom is -0.390 e. The fraction of sp³-hybridized carbons (Fsp3) is 0.375. The van der Waals surface area contributed by atoms with E-state index in [1.54, 1.807) is 33.2 Å². The first-order valence-electron chi connectivity index (χ1n) is 14.1. The van der Waals surface area contributed by atoms with Crippen LogP contribution in [0, 0.1) is 18.6 Å². The molecule has 1 aliphatic heterocycles. The van der Waals surface area contributed by atoms with E-state index in [4.69, 9.17) is 0 Å². The van der Waals surface area contributed by atoms with Gasteiger partial charge in [-0.3, -0.25) is 9.59 Å². The molecule has 3 aromatic rings. The van der Waals surface area contributed by atoms with E-state index >= 15 is 0 Å². The summed E-state index contributed by atoms with van der Waals surface area (Å²) in [5, 5.41) is 14.2. The summed E-state index contributed by atoms with van der Waals surface area (Å²) in [6, 6.07) is 12.8. The van der Waals surface area contributed by atoms with E-state index in [1.807, 2.05) is 25.1 Å². The summed E-state index contributed by atoms with van der Waals surface area (Å²) in [5.41, 5.74) is 3.97. The van der Waals surface area contributed by atoms with Crippen molar-refractivity contribution in [3.8, 4) is 0 Å². The molecular formula is C32H37F2N3O5S. The van der Waals surface area contributed by atoms with Crippen molar-refractivity contribution in [2.75, 3.05) is 32.9 Å². The van der Waals surface area contributed by atoms with E-state index in [-0.39, 0.29) is 48.2 Å².